The van der Waals surface area contributed by atoms with Gasteiger partial charge in [-0.15, -0.1) is 0 Å². The number of halogens is 1. The van der Waals surface area contributed by atoms with Gasteiger partial charge in [-0.3, -0.25) is 0 Å². The predicted octanol–water partition coefficient (Wildman–Crippen LogP) is 4.42. The number of anilines is 1. The molecule has 0 fully saturated rings. The van der Waals surface area contributed by atoms with Gasteiger partial charge in [0, 0.05) is 21.7 Å². The summed E-state index contributed by atoms with van der Waals surface area (Å²) in [4.78, 5) is 14.2. The average Bonchev–Trinajstić information content (AvgIpc) is 2.60. The molecule has 1 aliphatic heterocycles. The van der Waals surface area contributed by atoms with E-state index in [0.717, 1.165) is 28.0 Å². The lowest BCUT2D eigenvalue weighted by Gasteiger charge is -2.31. The second-order valence-electron chi connectivity index (χ2n) is 6.01. The molecule has 0 radical (unpaired) electrons. The lowest BCUT2D eigenvalue weighted by atomic mass is 10.0. The predicted molar refractivity (Wildman–Crippen MR) is 95.1 cm³/mol. The van der Waals surface area contributed by atoms with Crippen molar-refractivity contribution in [3.63, 3.8) is 0 Å². The van der Waals surface area contributed by atoms with Gasteiger partial charge in [0.15, 0.2) is 6.73 Å². The number of fused-ring (bicyclic) bond motifs is 3. The van der Waals surface area contributed by atoms with Crippen molar-refractivity contribution in [2.75, 3.05) is 11.6 Å². The Morgan fingerprint density at radius 2 is 1.79 bits per heavy atom. The highest BCUT2D eigenvalue weighted by Crippen LogP contribution is 2.35. The molecule has 0 aliphatic carbocycles. The van der Waals surface area contributed by atoms with Crippen LogP contribution in [-0.4, -0.2) is 6.73 Å². The van der Waals surface area contributed by atoms with E-state index >= 15 is 0 Å². The van der Waals surface area contributed by atoms with Crippen LogP contribution < -0.4 is 15.3 Å². The number of aryl methyl sites for hydroxylation is 1. The van der Waals surface area contributed by atoms with Crippen LogP contribution in [0.5, 0.6) is 5.75 Å². The molecule has 1 aromatic heterocycles. The maximum atomic E-state index is 12.1. The van der Waals surface area contributed by atoms with Crippen molar-refractivity contribution in [3.8, 4) is 5.75 Å². The highest BCUT2D eigenvalue weighted by molar-refractivity contribution is 6.30. The topological polar surface area (TPSA) is 42.7 Å². The molecule has 2 aromatic carbocycles. The van der Waals surface area contributed by atoms with E-state index in [0.29, 0.717) is 29.4 Å². The van der Waals surface area contributed by atoms with Gasteiger partial charge >= 0.3 is 5.63 Å². The van der Waals surface area contributed by atoms with Gasteiger partial charge < -0.3 is 14.1 Å². The number of rotatable bonds is 1. The summed E-state index contributed by atoms with van der Waals surface area (Å²) in [5.74, 6) is 0.763. The molecule has 0 saturated heterocycles. The van der Waals surface area contributed by atoms with Crippen molar-refractivity contribution < 1.29 is 9.15 Å². The molecule has 122 valence electrons. The van der Waals surface area contributed by atoms with Crippen molar-refractivity contribution in [3.05, 3.63) is 68.5 Å². The highest BCUT2D eigenvalue weighted by Gasteiger charge is 2.23. The molecule has 4 rings (SSSR count). The van der Waals surface area contributed by atoms with Crippen LogP contribution in [0.4, 0.5) is 5.69 Å². The normalized spacial score (nSPS) is 13.7. The van der Waals surface area contributed by atoms with Crippen LogP contribution in [0.25, 0.3) is 11.0 Å². The number of hydrogen-bond donors (Lipinski definition) is 0. The zero-order chi connectivity index (χ0) is 16.8. The van der Waals surface area contributed by atoms with E-state index in [4.69, 9.17) is 20.8 Å². The number of hydrogen-bond acceptors (Lipinski definition) is 4. The number of benzene rings is 2. The third-order valence-electron chi connectivity index (χ3n) is 4.60. The molecule has 2 heterocycles. The fraction of sp³-hybridized carbons (Fsp3) is 0.211. The van der Waals surface area contributed by atoms with Gasteiger partial charge in [0.25, 0.3) is 0 Å². The van der Waals surface area contributed by atoms with E-state index in [9.17, 15) is 4.79 Å². The smallest absolute Gasteiger partial charge is 0.339 e. The summed E-state index contributed by atoms with van der Waals surface area (Å²) in [5, 5.41) is 1.65. The Morgan fingerprint density at radius 3 is 2.54 bits per heavy atom. The van der Waals surface area contributed by atoms with Crippen LogP contribution >= 0.6 is 11.6 Å². The second kappa shape index (κ2) is 5.56. The van der Waals surface area contributed by atoms with E-state index < -0.39 is 0 Å². The van der Waals surface area contributed by atoms with Crippen LogP contribution in [0.3, 0.4) is 0 Å². The molecule has 0 N–H and O–H groups in total. The zero-order valence-electron chi connectivity index (χ0n) is 13.4. The Morgan fingerprint density at radius 1 is 1.04 bits per heavy atom. The van der Waals surface area contributed by atoms with E-state index in [1.807, 2.05) is 43.3 Å². The van der Waals surface area contributed by atoms with Crippen LogP contribution in [-0.2, 0) is 6.54 Å². The Kier molecular flexibility index (Phi) is 3.50. The van der Waals surface area contributed by atoms with Gasteiger partial charge in [-0.2, -0.15) is 0 Å². The van der Waals surface area contributed by atoms with Gasteiger partial charge in [-0.05, 0) is 55.8 Å². The molecule has 0 saturated carbocycles. The summed E-state index contributed by atoms with van der Waals surface area (Å²) in [6.07, 6.45) is 0. The minimum Gasteiger partial charge on any atom is -0.473 e. The van der Waals surface area contributed by atoms with E-state index in [-0.39, 0.29) is 5.63 Å². The van der Waals surface area contributed by atoms with Gasteiger partial charge in [0.05, 0.1) is 12.1 Å². The zero-order valence-corrected chi connectivity index (χ0v) is 14.2. The monoisotopic (exact) mass is 341 g/mol. The fourth-order valence-corrected chi connectivity index (χ4v) is 3.16. The molecule has 0 bridgehead atoms. The van der Waals surface area contributed by atoms with Crippen molar-refractivity contribution in [2.45, 2.75) is 20.4 Å². The molecule has 0 atom stereocenters. The molecule has 0 unspecified atom stereocenters. The average molecular weight is 342 g/mol. The first-order valence-electron chi connectivity index (χ1n) is 7.74. The Balaban J connectivity index is 1.84. The number of nitrogens with zero attached hydrogens (tertiary/aromatic N) is 1. The summed E-state index contributed by atoms with van der Waals surface area (Å²) >= 11 is 5.96. The van der Waals surface area contributed by atoms with Crippen molar-refractivity contribution in [1.29, 1.82) is 0 Å². The lowest BCUT2D eigenvalue weighted by Crippen LogP contribution is -2.32. The second-order valence-corrected chi connectivity index (χ2v) is 6.44. The van der Waals surface area contributed by atoms with E-state index in [2.05, 4.69) is 4.90 Å². The minimum absolute atomic E-state index is 0.294. The molecule has 24 heavy (non-hydrogen) atoms. The molecule has 4 nitrogen and oxygen atoms in total. The standard InChI is InChI=1S/C19H16ClNO3/c1-11-12(2)19(22)24-18-15(11)7-8-17-16(18)9-21(10-23-17)14-5-3-13(20)4-6-14/h3-8H,9-10H2,1-2H3. The third kappa shape index (κ3) is 2.34. The first-order valence-corrected chi connectivity index (χ1v) is 8.11. The van der Waals surface area contributed by atoms with Gasteiger partial charge in [-0.25, -0.2) is 4.79 Å². The quantitative estimate of drug-likeness (QED) is 0.614. The summed E-state index contributed by atoms with van der Waals surface area (Å²) in [7, 11) is 0. The first-order chi connectivity index (χ1) is 11.5. The SMILES string of the molecule is Cc1c(C)c2ccc3c(c2oc1=O)CN(c1ccc(Cl)cc1)CO3. The third-order valence-corrected chi connectivity index (χ3v) is 4.85. The fourth-order valence-electron chi connectivity index (χ4n) is 3.03. The Hall–Kier alpha value is -2.46. The largest absolute Gasteiger partial charge is 0.473 e. The van der Waals surface area contributed by atoms with Crippen LogP contribution in [0.15, 0.2) is 45.6 Å². The molecular formula is C19H16ClNO3. The minimum atomic E-state index is -0.294. The van der Waals surface area contributed by atoms with Crippen molar-refractivity contribution in [2.24, 2.45) is 0 Å². The van der Waals surface area contributed by atoms with Gasteiger partial charge in [0.1, 0.15) is 11.3 Å². The van der Waals surface area contributed by atoms with Gasteiger partial charge in [0.2, 0.25) is 0 Å². The molecule has 5 heteroatoms. The van der Waals surface area contributed by atoms with Crippen LogP contribution in [0, 0.1) is 13.8 Å². The first kappa shape index (κ1) is 15.1. The van der Waals surface area contributed by atoms with Crippen LogP contribution in [0.2, 0.25) is 5.02 Å². The van der Waals surface area contributed by atoms with Gasteiger partial charge in [-0.1, -0.05) is 11.6 Å². The van der Waals surface area contributed by atoms with E-state index in [1.54, 1.807) is 6.92 Å². The molecule has 0 amide bonds. The molecule has 1 aliphatic rings. The van der Waals surface area contributed by atoms with Crippen LogP contribution in [0.1, 0.15) is 16.7 Å². The van der Waals surface area contributed by atoms with Crippen molar-refractivity contribution >= 4 is 28.3 Å². The summed E-state index contributed by atoms with van der Waals surface area (Å²) in [5.41, 5.74) is 3.82. The molecule has 3 aromatic rings. The molecular weight excluding hydrogens is 326 g/mol. The summed E-state index contributed by atoms with van der Waals surface area (Å²) in [6.45, 7) is 4.78. The molecule has 0 spiro atoms. The highest BCUT2D eigenvalue weighted by atomic mass is 35.5. The van der Waals surface area contributed by atoms with E-state index in [1.165, 1.54) is 0 Å². The Labute approximate surface area is 144 Å². The maximum Gasteiger partial charge on any atom is 0.339 e. The summed E-state index contributed by atoms with van der Waals surface area (Å²) < 4.78 is 11.5. The number of ether oxygens (including phenoxy) is 1. The van der Waals surface area contributed by atoms with Crippen molar-refractivity contribution in [1.82, 2.24) is 0 Å². The lowest BCUT2D eigenvalue weighted by molar-refractivity contribution is 0.289. The maximum absolute atomic E-state index is 12.1. The summed E-state index contributed by atoms with van der Waals surface area (Å²) in [6, 6.07) is 11.5. The Bertz CT molecular complexity index is 992.